The number of amides is 1. The van der Waals surface area contributed by atoms with E-state index in [4.69, 9.17) is 14.7 Å². The minimum atomic E-state index is 0.00599. The number of aromatic hydroxyl groups is 1. The second-order valence-electron chi connectivity index (χ2n) is 11.4. The zero-order chi connectivity index (χ0) is 27.1. The lowest BCUT2D eigenvalue weighted by molar-refractivity contribution is -0.139. The summed E-state index contributed by atoms with van der Waals surface area (Å²) in [6.07, 6.45) is 3.09. The molecule has 2 saturated heterocycles. The van der Waals surface area contributed by atoms with E-state index < -0.39 is 0 Å². The summed E-state index contributed by atoms with van der Waals surface area (Å²) in [7, 11) is 4.11. The SMILES string of the molecule is C=CC(=O)N1CC2(C1)CN(c1nc(OCCCN(C)C)nc3c1CCN(c1cc(O)cc4ccccc14)C3)C2. The molecule has 0 atom stereocenters. The van der Waals surface area contributed by atoms with Crippen molar-refractivity contribution in [2.24, 2.45) is 5.41 Å². The van der Waals surface area contributed by atoms with E-state index in [1.807, 2.05) is 29.2 Å². The molecule has 1 N–H and O–H groups in total. The van der Waals surface area contributed by atoms with Crippen LogP contribution in [0, 0.1) is 5.41 Å². The van der Waals surface area contributed by atoms with Crippen LogP contribution in [0.15, 0.2) is 49.1 Å². The summed E-state index contributed by atoms with van der Waals surface area (Å²) in [4.78, 5) is 30.4. The maximum Gasteiger partial charge on any atom is 0.318 e. The van der Waals surface area contributed by atoms with Crippen LogP contribution >= 0.6 is 0 Å². The van der Waals surface area contributed by atoms with Crippen molar-refractivity contribution >= 4 is 28.2 Å². The molecule has 3 aliphatic heterocycles. The normalized spacial score (nSPS) is 17.7. The largest absolute Gasteiger partial charge is 0.508 e. The van der Waals surface area contributed by atoms with E-state index in [9.17, 15) is 9.90 Å². The number of carbonyl (C=O) groups is 1. The highest BCUT2D eigenvalue weighted by Gasteiger charge is 2.53. The molecule has 9 nitrogen and oxygen atoms in total. The van der Waals surface area contributed by atoms with Crippen LogP contribution in [0.1, 0.15) is 17.7 Å². The van der Waals surface area contributed by atoms with Crippen LogP contribution in [0.5, 0.6) is 11.8 Å². The summed E-state index contributed by atoms with van der Waals surface area (Å²) in [6.45, 7) is 9.82. The Hall–Kier alpha value is -3.85. The fourth-order valence-electron chi connectivity index (χ4n) is 6.16. The number of ether oxygens (including phenoxy) is 1. The maximum absolute atomic E-state index is 12.0. The highest BCUT2D eigenvalue weighted by Crippen LogP contribution is 2.44. The number of nitrogens with zero attached hydrogens (tertiary/aromatic N) is 6. The summed E-state index contributed by atoms with van der Waals surface area (Å²) >= 11 is 0. The monoisotopic (exact) mass is 528 g/mol. The Labute approximate surface area is 229 Å². The van der Waals surface area contributed by atoms with Gasteiger partial charge in [-0.25, -0.2) is 0 Å². The molecular formula is C30H36N6O3. The van der Waals surface area contributed by atoms with Gasteiger partial charge in [-0.3, -0.25) is 4.79 Å². The van der Waals surface area contributed by atoms with Crippen molar-refractivity contribution in [3.05, 3.63) is 60.3 Å². The Bertz CT molecular complexity index is 1410. The molecule has 204 valence electrons. The smallest absolute Gasteiger partial charge is 0.318 e. The Morgan fingerprint density at radius 1 is 1.15 bits per heavy atom. The van der Waals surface area contributed by atoms with Crippen LogP contribution < -0.4 is 14.5 Å². The van der Waals surface area contributed by atoms with Crippen molar-refractivity contribution in [3.63, 3.8) is 0 Å². The van der Waals surface area contributed by atoms with Gasteiger partial charge < -0.3 is 29.4 Å². The Kier molecular flexibility index (Phi) is 6.54. The number of benzene rings is 2. The van der Waals surface area contributed by atoms with E-state index in [2.05, 4.69) is 41.4 Å². The van der Waals surface area contributed by atoms with Crippen LogP contribution in [-0.4, -0.2) is 90.8 Å². The average Bonchev–Trinajstić information content (AvgIpc) is 2.88. The number of likely N-dealkylation sites (tertiary alicyclic amines) is 1. The van der Waals surface area contributed by atoms with Gasteiger partial charge in [0, 0.05) is 67.4 Å². The summed E-state index contributed by atoms with van der Waals surface area (Å²) in [6, 6.07) is 12.2. The van der Waals surface area contributed by atoms with E-state index in [1.54, 1.807) is 6.07 Å². The third-order valence-corrected chi connectivity index (χ3v) is 8.06. The van der Waals surface area contributed by atoms with Crippen molar-refractivity contribution in [2.75, 3.05) is 69.8 Å². The first kappa shape index (κ1) is 25.4. The van der Waals surface area contributed by atoms with Gasteiger partial charge in [-0.2, -0.15) is 9.97 Å². The van der Waals surface area contributed by atoms with Crippen molar-refractivity contribution in [1.82, 2.24) is 19.8 Å². The molecule has 39 heavy (non-hydrogen) atoms. The Morgan fingerprint density at radius 2 is 1.95 bits per heavy atom. The fourth-order valence-corrected chi connectivity index (χ4v) is 6.16. The highest BCUT2D eigenvalue weighted by molar-refractivity contribution is 5.95. The molecule has 6 rings (SSSR count). The molecule has 0 unspecified atom stereocenters. The van der Waals surface area contributed by atoms with Gasteiger partial charge in [0.05, 0.1) is 18.8 Å². The standard InChI is InChI=1S/C30H36N6O3/c1-4-27(38)35-17-30(18-35)19-36(20-30)28-24-10-12-34(26-15-22(37)14-21-8-5-6-9-23(21)26)16-25(24)31-29(32-28)39-13-7-11-33(2)3/h4-6,8-9,14-15,37H,1,7,10-13,16-20H2,2-3H3. The van der Waals surface area contributed by atoms with Gasteiger partial charge in [0.2, 0.25) is 5.91 Å². The van der Waals surface area contributed by atoms with Gasteiger partial charge in [0.25, 0.3) is 0 Å². The Morgan fingerprint density at radius 3 is 2.72 bits per heavy atom. The first-order chi connectivity index (χ1) is 18.8. The first-order valence-electron chi connectivity index (χ1n) is 13.6. The third kappa shape index (κ3) is 4.87. The van der Waals surface area contributed by atoms with Crippen molar-refractivity contribution < 1.29 is 14.6 Å². The van der Waals surface area contributed by atoms with Gasteiger partial charge >= 0.3 is 6.01 Å². The first-order valence-corrected chi connectivity index (χ1v) is 13.6. The van der Waals surface area contributed by atoms with E-state index in [0.29, 0.717) is 19.2 Å². The quantitative estimate of drug-likeness (QED) is 0.353. The van der Waals surface area contributed by atoms with E-state index in [0.717, 1.165) is 80.1 Å². The highest BCUT2D eigenvalue weighted by atomic mass is 16.5. The predicted octanol–water partition coefficient (Wildman–Crippen LogP) is 3.06. The molecule has 9 heteroatoms. The molecule has 1 spiro atoms. The molecule has 1 aromatic heterocycles. The molecule has 0 aliphatic carbocycles. The topological polar surface area (TPSA) is 85.3 Å². The molecular weight excluding hydrogens is 492 g/mol. The minimum absolute atomic E-state index is 0.00599. The van der Waals surface area contributed by atoms with Crippen molar-refractivity contribution in [3.8, 4) is 11.8 Å². The molecule has 2 fully saturated rings. The lowest BCUT2D eigenvalue weighted by Gasteiger charge is -2.60. The number of hydrogen-bond acceptors (Lipinski definition) is 8. The van der Waals surface area contributed by atoms with Crippen LogP contribution in [-0.2, 0) is 17.8 Å². The minimum Gasteiger partial charge on any atom is -0.508 e. The lowest BCUT2D eigenvalue weighted by Crippen LogP contribution is -2.73. The number of anilines is 2. The molecule has 0 saturated carbocycles. The van der Waals surface area contributed by atoms with Crippen LogP contribution in [0.3, 0.4) is 0 Å². The molecule has 1 amide bonds. The van der Waals surface area contributed by atoms with Crippen molar-refractivity contribution in [1.29, 1.82) is 0 Å². The van der Waals surface area contributed by atoms with Crippen LogP contribution in [0.4, 0.5) is 11.5 Å². The fraction of sp³-hybridized carbons (Fsp3) is 0.433. The van der Waals surface area contributed by atoms with Gasteiger partial charge in [-0.05, 0) is 44.5 Å². The second-order valence-corrected chi connectivity index (χ2v) is 11.4. The van der Waals surface area contributed by atoms with Crippen LogP contribution in [0.25, 0.3) is 10.8 Å². The summed E-state index contributed by atoms with van der Waals surface area (Å²) in [5, 5.41) is 12.6. The van der Waals surface area contributed by atoms with E-state index in [1.165, 1.54) is 11.6 Å². The number of hydrogen-bond donors (Lipinski definition) is 1. The summed E-state index contributed by atoms with van der Waals surface area (Å²) in [5.41, 5.74) is 3.29. The van der Waals surface area contributed by atoms with Gasteiger partial charge in [0.1, 0.15) is 11.6 Å². The van der Waals surface area contributed by atoms with Crippen molar-refractivity contribution in [2.45, 2.75) is 19.4 Å². The van der Waals surface area contributed by atoms with Gasteiger partial charge in [-0.1, -0.05) is 30.8 Å². The molecule has 0 radical (unpaired) electrons. The van der Waals surface area contributed by atoms with Gasteiger partial charge in [0.15, 0.2) is 0 Å². The molecule has 3 aliphatic rings. The number of phenols is 1. The Balaban J connectivity index is 1.26. The second kappa shape index (κ2) is 10.0. The zero-order valence-electron chi connectivity index (χ0n) is 22.8. The molecule has 4 heterocycles. The third-order valence-electron chi connectivity index (χ3n) is 8.06. The molecule has 3 aromatic rings. The number of carbonyl (C=O) groups excluding carboxylic acids is 1. The van der Waals surface area contributed by atoms with Gasteiger partial charge in [-0.15, -0.1) is 0 Å². The van der Waals surface area contributed by atoms with E-state index in [-0.39, 0.29) is 17.1 Å². The number of rotatable bonds is 8. The molecule has 0 bridgehead atoms. The van der Waals surface area contributed by atoms with E-state index >= 15 is 0 Å². The zero-order valence-corrected chi connectivity index (χ0v) is 22.8. The maximum atomic E-state index is 12.0. The summed E-state index contributed by atoms with van der Waals surface area (Å²) < 4.78 is 6.07. The number of aromatic nitrogens is 2. The molecule has 2 aromatic carbocycles. The van der Waals surface area contributed by atoms with Crippen LogP contribution in [0.2, 0.25) is 0 Å². The average molecular weight is 529 g/mol. The number of phenolic OH excluding ortho intramolecular Hbond substituents is 1. The summed E-state index contributed by atoms with van der Waals surface area (Å²) in [5.74, 6) is 1.23. The lowest BCUT2D eigenvalue weighted by atomic mass is 9.72. The predicted molar refractivity (Wildman–Crippen MR) is 152 cm³/mol. The number of fused-ring (bicyclic) bond motifs is 2.